The van der Waals surface area contributed by atoms with E-state index in [1.165, 1.54) is 38.9 Å². The fourth-order valence-corrected chi connectivity index (χ4v) is 5.18. The van der Waals surface area contributed by atoms with Gasteiger partial charge < -0.3 is 10.5 Å². The van der Waals surface area contributed by atoms with Gasteiger partial charge >= 0.3 is 0 Å². The van der Waals surface area contributed by atoms with Gasteiger partial charge in [-0.15, -0.1) is 0 Å². The highest BCUT2D eigenvalue weighted by molar-refractivity contribution is 5.03. The van der Waals surface area contributed by atoms with Gasteiger partial charge in [-0.05, 0) is 53.0 Å². The summed E-state index contributed by atoms with van der Waals surface area (Å²) in [6.07, 6.45) is 6.98. The monoisotopic (exact) mass is 295 g/mol. The van der Waals surface area contributed by atoms with E-state index in [4.69, 9.17) is 10.5 Å². The summed E-state index contributed by atoms with van der Waals surface area (Å²) in [4.78, 5) is 5.48. The Hall–Kier alpha value is -0.160. The largest absolute Gasteiger partial charge is 0.375 e. The summed E-state index contributed by atoms with van der Waals surface area (Å²) in [5.41, 5.74) is 6.47. The molecule has 3 saturated heterocycles. The minimum Gasteiger partial charge on any atom is -0.375 e. The van der Waals surface area contributed by atoms with E-state index in [0.717, 1.165) is 25.4 Å². The minimum absolute atomic E-state index is 0.153. The van der Waals surface area contributed by atoms with Crippen LogP contribution in [0.25, 0.3) is 0 Å². The number of nitrogens with zero attached hydrogens (tertiary/aromatic N) is 2. The van der Waals surface area contributed by atoms with Crippen molar-refractivity contribution in [3.63, 3.8) is 0 Å². The van der Waals surface area contributed by atoms with Crippen LogP contribution >= 0.6 is 0 Å². The van der Waals surface area contributed by atoms with Gasteiger partial charge in [-0.3, -0.25) is 9.80 Å². The molecule has 122 valence electrons. The maximum absolute atomic E-state index is 6.31. The Bertz CT molecular complexity index is 352. The van der Waals surface area contributed by atoms with E-state index in [0.29, 0.717) is 18.2 Å². The van der Waals surface area contributed by atoms with Gasteiger partial charge in [-0.25, -0.2) is 0 Å². The first-order valence-corrected chi connectivity index (χ1v) is 8.90. The van der Waals surface area contributed by atoms with Crippen molar-refractivity contribution in [3.05, 3.63) is 0 Å². The van der Waals surface area contributed by atoms with Gasteiger partial charge in [0.1, 0.15) is 0 Å². The molecule has 4 heteroatoms. The highest BCUT2D eigenvalue weighted by Gasteiger charge is 2.47. The van der Waals surface area contributed by atoms with Crippen molar-refractivity contribution < 1.29 is 4.74 Å². The number of hydrogen-bond donors (Lipinski definition) is 1. The number of piperazine rings is 1. The molecule has 3 aliphatic heterocycles. The van der Waals surface area contributed by atoms with Crippen molar-refractivity contribution >= 4 is 0 Å². The zero-order valence-corrected chi connectivity index (χ0v) is 14.1. The summed E-state index contributed by atoms with van der Waals surface area (Å²) in [5, 5.41) is 0. The molecule has 4 unspecified atom stereocenters. The predicted octanol–water partition coefficient (Wildman–Crippen LogP) is 1.83. The maximum Gasteiger partial charge on any atom is 0.0568 e. The van der Waals surface area contributed by atoms with Crippen molar-refractivity contribution in [1.29, 1.82) is 0 Å². The normalized spacial score (nSPS) is 46.3. The number of nitrogens with two attached hydrogens (primary N) is 1. The Kier molecular flexibility index (Phi) is 4.60. The van der Waals surface area contributed by atoms with Crippen molar-refractivity contribution in [2.24, 2.45) is 5.73 Å². The van der Waals surface area contributed by atoms with Gasteiger partial charge in [0.15, 0.2) is 0 Å². The highest BCUT2D eigenvalue weighted by Crippen LogP contribution is 2.37. The van der Waals surface area contributed by atoms with Gasteiger partial charge in [0.2, 0.25) is 0 Å². The predicted molar refractivity (Wildman–Crippen MR) is 86.4 cm³/mol. The fraction of sp³-hybridized carbons (Fsp3) is 1.00. The van der Waals surface area contributed by atoms with Crippen molar-refractivity contribution in [2.45, 2.75) is 82.7 Å². The lowest BCUT2D eigenvalue weighted by Crippen LogP contribution is -2.69. The average molecular weight is 295 g/mol. The molecule has 21 heavy (non-hydrogen) atoms. The van der Waals surface area contributed by atoms with E-state index in [1.54, 1.807) is 0 Å². The average Bonchev–Trinajstić information content (AvgIpc) is 2.45. The molecule has 0 aromatic heterocycles. The molecular formula is C17H33N3O. The summed E-state index contributed by atoms with van der Waals surface area (Å²) in [7, 11) is 0. The van der Waals surface area contributed by atoms with E-state index < -0.39 is 0 Å². The summed E-state index contributed by atoms with van der Waals surface area (Å²) >= 11 is 0. The molecule has 0 aromatic rings. The maximum atomic E-state index is 6.31. The number of fused-ring (bicyclic) bond motifs is 1. The van der Waals surface area contributed by atoms with Crippen LogP contribution in [0.2, 0.25) is 0 Å². The first-order chi connectivity index (χ1) is 10.0. The Morgan fingerprint density at radius 3 is 2.48 bits per heavy atom. The lowest BCUT2D eigenvalue weighted by atomic mass is 9.80. The summed E-state index contributed by atoms with van der Waals surface area (Å²) < 4.78 is 5.98. The van der Waals surface area contributed by atoms with E-state index in [9.17, 15) is 0 Å². The molecule has 3 heterocycles. The highest BCUT2D eigenvalue weighted by atomic mass is 16.5. The summed E-state index contributed by atoms with van der Waals surface area (Å²) in [5.74, 6) is 0. The summed E-state index contributed by atoms with van der Waals surface area (Å²) in [6.45, 7) is 11.3. The minimum atomic E-state index is 0.153. The van der Waals surface area contributed by atoms with Gasteiger partial charge in [-0.2, -0.15) is 0 Å². The molecular weight excluding hydrogens is 262 g/mol. The zero-order chi connectivity index (χ0) is 15.0. The van der Waals surface area contributed by atoms with Crippen LogP contribution in [0.4, 0.5) is 0 Å². The topological polar surface area (TPSA) is 41.7 Å². The number of rotatable bonds is 2. The molecule has 4 atom stereocenters. The number of ether oxygens (including phenoxy) is 1. The quantitative estimate of drug-likeness (QED) is 0.844. The molecule has 0 amide bonds. The zero-order valence-electron chi connectivity index (χ0n) is 14.1. The second-order valence-corrected chi connectivity index (χ2v) is 7.74. The first kappa shape index (κ1) is 15.7. The Morgan fingerprint density at radius 1 is 1.10 bits per heavy atom. The molecule has 4 nitrogen and oxygen atoms in total. The van der Waals surface area contributed by atoms with E-state index in [2.05, 4.69) is 30.6 Å². The van der Waals surface area contributed by atoms with Crippen molar-refractivity contribution in [3.8, 4) is 0 Å². The standard InChI is InChI=1S/C17H33N3O/c1-13-10-19-7-5-4-6-16(19)11-20(13)17(12-18)8-14(2)21-15(3)9-17/h13-16H,4-12,18H2,1-3H3. The molecule has 2 N–H and O–H groups in total. The molecule has 0 aliphatic carbocycles. The molecule has 3 fully saturated rings. The van der Waals surface area contributed by atoms with E-state index in [1.807, 2.05) is 0 Å². The first-order valence-electron chi connectivity index (χ1n) is 8.90. The van der Waals surface area contributed by atoms with Crippen molar-refractivity contribution in [2.75, 3.05) is 26.2 Å². The van der Waals surface area contributed by atoms with Crippen LogP contribution in [0.3, 0.4) is 0 Å². The Balaban J connectivity index is 1.79. The number of hydrogen-bond acceptors (Lipinski definition) is 4. The molecule has 0 bridgehead atoms. The van der Waals surface area contributed by atoms with Gasteiger partial charge in [0.05, 0.1) is 12.2 Å². The van der Waals surface area contributed by atoms with Crippen LogP contribution < -0.4 is 5.73 Å². The third kappa shape index (κ3) is 3.00. The van der Waals surface area contributed by atoms with Crippen LogP contribution in [-0.4, -0.2) is 65.8 Å². The van der Waals surface area contributed by atoms with Crippen LogP contribution in [0, 0.1) is 0 Å². The lowest BCUT2D eigenvalue weighted by molar-refractivity contribution is -0.132. The third-order valence-electron chi connectivity index (χ3n) is 5.98. The SMILES string of the molecule is CC1CC(CN)(N2CC3CCCCN3CC2C)CC(C)O1. The fourth-order valence-electron chi connectivity index (χ4n) is 5.18. The molecule has 0 spiro atoms. The van der Waals surface area contributed by atoms with E-state index >= 15 is 0 Å². The second-order valence-electron chi connectivity index (χ2n) is 7.74. The molecule has 3 aliphatic rings. The van der Waals surface area contributed by atoms with Gasteiger partial charge in [0.25, 0.3) is 0 Å². The van der Waals surface area contributed by atoms with Crippen LogP contribution in [0.15, 0.2) is 0 Å². The van der Waals surface area contributed by atoms with Crippen LogP contribution in [-0.2, 0) is 4.74 Å². The molecule has 0 saturated carbocycles. The van der Waals surface area contributed by atoms with Gasteiger partial charge in [0, 0.05) is 37.3 Å². The van der Waals surface area contributed by atoms with E-state index in [-0.39, 0.29) is 5.54 Å². The Labute approximate surface area is 130 Å². The van der Waals surface area contributed by atoms with Gasteiger partial charge in [-0.1, -0.05) is 6.42 Å². The molecule has 3 rings (SSSR count). The van der Waals surface area contributed by atoms with Crippen LogP contribution in [0.5, 0.6) is 0 Å². The van der Waals surface area contributed by atoms with Crippen molar-refractivity contribution in [1.82, 2.24) is 9.80 Å². The molecule has 0 aromatic carbocycles. The third-order valence-corrected chi connectivity index (χ3v) is 5.98. The molecule has 0 radical (unpaired) electrons. The second kappa shape index (κ2) is 6.15. The Morgan fingerprint density at radius 2 is 1.81 bits per heavy atom. The smallest absolute Gasteiger partial charge is 0.0568 e. The number of piperidine rings is 1. The van der Waals surface area contributed by atoms with Crippen LogP contribution in [0.1, 0.15) is 52.9 Å². The summed E-state index contributed by atoms with van der Waals surface area (Å²) in [6, 6.07) is 1.37. The lowest BCUT2D eigenvalue weighted by Gasteiger charge is -2.57.